The van der Waals surface area contributed by atoms with E-state index in [0.29, 0.717) is 21.8 Å². The number of nitro groups is 1. The quantitative estimate of drug-likeness (QED) is 0.187. The predicted octanol–water partition coefficient (Wildman–Crippen LogP) is 6.46. The monoisotopic (exact) mass is 571 g/mol. The number of imide groups is 1. The molecule has 1 fully saturated rings. The molecule has 0 bridgehead atoms. The van der Waals surface area contributed by atoms with E-state index >= 15 is 0 Å². The highest BCUT2D eigenvalue weighted by Gasteiger charge is 2.35. The second-order valence-electron chi connectivity index (χ2n) is 8.18. The number of aryl methyl sites for hydroxylation is 1. The van der Waals surface area contributed by atoms with Crippen molar-refractivity contribution in [1.29, 1.82) is 0 Å². The van der Waals surface area contributed by atoms with Gasteiger partial charge in [-0.25, -0.2) is 0 Å². The Morgan fingerprint density at radius 2 is 1.82 bits per heavy atom. The summed E-state index contributed by atoms with van der Waals surface area (Å²) in [6.07, 6.45) is 1.53. The number of hydrogen-bond donors (Lipinski definition) is 1. The number of nitrogens with zero attached hydrogens (tertiary/aromatic N) is 2. The minimum atomic E-state index is -0.523. The van der Waals surface area contributed by atoms with Crippen LogP contribution in [0.15, 0.2) is 65.6 Å². The number of carbonyl (C=O) groups is 3. The number of rotatable bonds is 8. The van der Waals surface area contributed by atoms with Crippen LogP contribution in [0.1, 0.15) is 16.7 Å². The van der Waals surface area contributed by atoms with Crippen molar-refractivity contribution in [3.05, 3.63) is 102 Å². The Kier molecular flexibility index (Phi) is 8.35. The van der Waals surface area contributed by atoms with Crippen LogP contribution < -0.4 is 10.1 Å². The van der Waals surface area contributed by atoms with Crippen molar-refractivity contribution >= 4 is 69.5 Å². The highest BCUT2D eigenvalue weighted by molar-refractivity contribution is 8.18. The van der Waals surface area contributed by atoms with E-state index in [-0.39, 0.29) is 34.5 Å². The summed E-state index contributed by atoms with van der Waals surface area (Å²) in [5, 5.41) is 13.8. The number of ether oxygens (including phenoxy) is 1. The maximum atomic E-state index is 12.8. The Bertz CT molecular complexity index is 1480. The summed E-state index contributed by atoms with van der Waals surface area (Å²) >= 11 is 13.2. The molecule has 0 atom stereocenters. The number of benzene rings is 3. The molecule has 1 saturated heterocycles. The summed E-state index contributed by atoms with van der Waals surface area (Å²) in [5.41, 5.74) is 2.49. The van der Waals surface area contributed by atoms with Gasteiger partial charge in [0.05, 0.1) is 21.4 Å². The molecule has 38 heavy (non-hydrogen) atoms. The molecule has 3 amide bonds. The fraction of sp³-hybridized carbons (Fsp3) is 0.115. The summed E-state index contributed by atoms with van der Waals surface area (Å²) in [7, 11) is 0. The van der Waals surface area contributed by atoms with Crippen molar-refractivity contribution in [2.45, 2.75) is 13.5 Å². The average Bonchev–Trinajstić information content (AvgIpc) is 3.13. The zero-order valence-corrected chi connectivity index (χ0v) is 22.1. The number of nitro benzene ring substituents is 1. The molecule has 3 aromatic carbocycles. The molecule has 0 radical (unpaired) electrons. The van der Waals surface area contributed by atoms with Crippen LogP contribution in [-0.4, -0.2) is 33.5 Å². The number of carbonyl (C=O) groups excluding carboxylic acids is 3. The molecular formula is C26H19Cl2N3O6S. The van der Waals surface area contributed by atoms with Crippen molar-refractivity contribution in [1.82, 2.24) is 4.90 Å². The van der Waals surface area contributed by atoms with E-state index < -0.39 is 22.0 Å². The van der Waals surface area contributed by atoms with Gasteiger partial charge < -0.3 is 10.1 Å². The summed E-state index contributed by atoms with van der Waals surface area (Å²) < 4.78 is 5.52. The van der Waals surface area contributed by atoms with Gasteiger partial charge in [0.25, 0.3) is 22.7 Å². The highest BCUT2D eigenvalue weighted by Crippen LogP contribution is 2.35. The topological polar surface area (TPSA) is 119 Å². The van der Waals surface area contributed by atoms with Gasteiger partial charge in [-0.1, -0.05) is 47.5 Å². The largest absolute Gasteiger partial charge is 0.482 e. The first-order chi connectivity index (χ1) is 18.1. The van der Waals surface area contributed by atoms with Gasteiger partial charge in [-0.15, -0.1) is 0 Å². The fourth-order valence-corrected chi connectivity index (χ4v) is 4.69. The van der Waals surface area contributed by atoms with Gasteiger partial charge in [0, 0.05) is 22.8 Å². The lowest BCUT2D eigenvalue weighted by atomic mass is 10.2. The highest BCUT2D eigenvalue weighted by atomic mass is 35.5. The predicted molar refractivity (Wildman–Crippen MR) is 146 cm³/mol. The van der Waals surface area contributed by atoms with Crippen LogP contribution in [0.4, 0.5) is 16.2 Å². The number of halogens is 2. The van der Waals surface area contributed by atoms with E-state index in [1.807, 2.05) is 6.92 Å². The van der Waals surface area contributed by atoms with Crippen LogP contribution >= 0.6 is 35.0 Å². The molecular weight excluding hydrogens is 553 g/mol. The van der Waals surface area contributed by atoms with Gasteiger partial charge in [0.1, 0.15) is 5.75 Å². The normalized spacial score (nSPS) is 14.2. The maximum absolute atomic E-state index is 12.8. The molecule has 1 heterocycles. The summed E-state index contributed by atoms with van der Waals surface area (Å²) in [5.74, 6) is -0.610. The molecule has 1 aliphatic rings. The molecule has 4 rings (SSSR count). The number of non-ortho nitro benzene ring substituents is 1. The molecule has 9 nitrogen and oxygen atoms in total. The van der Waals surface area contributed by atoms with Gasteiger partial charge in [-0.3, -0.25) is 29.4 Å². The molecule has 3 aromatic rings. The second kappa shape index (κ2) is 11.7. The Hall–Kier alpha value is -3.86. The van der Waals surface area contributed by atoms with Crippen LogP contribution in [0.25, 0.3) is 6.08 Å². The number of hydrogen-bond acceptors (Lipinski definition) is 7. The SMILES string of the molecule is Cc1ccc(NC(=O)COc2ccc(/C=C3\SC(=O)N(Cc4ccc([N+](=O)[O-])cc4)C3=O)cc2Cl)cc1Cl. The minimum Gasteiger partial charge on any atom is -0.482 e. The molecule has 0 saturated carbocycles. The van der Waals surface area contributed by atoms with E-state index in [4.69, 9.17) is 27.9 Å². The van der Waals surface area contributed by atoms with Crippen LogP contribution in [0.5, 0.6) is 5.75 Å². The van der Waals surface area contributed by atoms with Crippen molar-refractivity contribution in [2.75, 3.05) is 11.9 Å². The Morgan fingerprint density at radius 1 is 1.08 bits per heavy atom. The zero-order chi connectivity index (χ0) is 27.4. The second-order valence-corrected chi connectivity index (χ2v) is 9.99. The van der Waals surface area contributed by atoms with Crippen molar-refractivity contribution < 1.29 is 24.0 Å². The molecule has 1 N–H and O–H groups in total. The number of amides is 3. The molecule has 0 aromatic heterocycles. The summed E-state index contributed by atoms with van der Waals surface area (Å²) in [4.78, 5) is 49.0. The number of anilines is 1. The smallest absolute Gasteiger partial charge is 0.293 e. The van der Waals surface area contributed by atoms with Gasteiger partial charge >= 0.3 is 0 Å². The Labute approximate surface area is 231 Å². The van der Waals surface area contributed by atoms with E-state index in [1.165, 1.54) is 30.3 Å². The Balaban J connectivity index is 1.37. The van der Waals surface area contributed by atoms with E-state index in [9.17, 15) is 24.5 Å². The maximum Gasteiger partial charge on any atom is 0.293 e. The third-order valence-electron chi connectivity index (χ3n) is 5.43. The van der Waals surface area contributed by atoms with Crippen LogP contribution in [0.3, 0.4) is 0 Å². The van der Waals surface area contributed by atoms with E-state index in [0.717, 1.165) is 22.2 Å². The van der Waals surface area contributed by atoms with Gasteiger partial charge in [0.15, 0.2) is 6.61 Å². The molecule has 194 valence electrons. The average molecular weight is 572 g/mol. The minimum absolute atomic E-state index is 0.00953. The Morgan fingerprint density at radius 3 is 2.47 bits per heavy atom. The van der Waals surface area contributed by atoms with Gasteiger partial charge in [-0.2, -0.15) is 0 Å². The van der Waals surface area contributed by atoms with Crippen molar-refractivity contribution in [2.24, 2.45) is 0 Å². The standard InChI is InChI=1S/C26H19Cl2N3O6S/c1-15-2-6-18(12-20(15)27)29-24(32)14-37-22-9-5-17(10-21(22)28)11-23-25(33)30(26(34)38-23)13-16-3-7-19(8-4-16)31(35)36/h2-12H,13-14H2,1H3,(H,29,32)/b23-11-. The lowest BCUT2D eigenvalue weighted by Gasteiger charge is -2.12. The van der Waals surface area contributed by atoms with Crippen LogP contribution in [-0.2, 0) is 16.1 Å². The third-order valence-corrected chi connectivity index (χ3v) is 7.04. The summed E-state index contributed by atoms with van der Waals surface area (Å²) in [6, 6.07) is 15.6. The van der Waals surface area contributed by atoms with E-state index in [1.54, 1.807) is 36.4 Å². The molecule has 0 unspecified atom stereocenters. The van der Waals surface area contributed by atoms with Gasteiger partial charge in [-0.05, 0) is 65.7 Å². The molecule has 0 aliphatic carbocycles. The fourth-order valence-electron chi connectivity index (χ4n) is 3.43. The summed E-state index contributed by atoms with van der Waals surface area (Å²) in [6.45, 7) is 1.56. The lowest BCUT2D eigenvalue weighted by Crippen LogP contribution is -2.27. The molecule has 12 heteroatoms. The van der Waals surface area contributed by atoms with Gasteiger partial charge in [0.2, 0.25) is 0 Å². The first-order valence-corrected chi connectivity index (χ1v) is 12.6. The van der Waals surface area contributed by atoms with E-state index in [2.05, 4.69) is 5.32 Å². The third kappa shape index (κ3) is 6.52. The van der Waals surface area contributed by atoms with Crippen molar-refractivity contribution in [3.63, 3.8) is 0 Å². The number of nitrogens with one attached hydrogen (secondary N) is 1. The number of thioether (sulfide) groups is 1. The molecule has 1 aliphatic heterocycles. The lowest BCUT2D eigenvalue weighted by molar-refractivity contribution is -0.384. The van der Waals surface area contributed by atoms with Crippen LogP contribution in [0.2, 0.25) is 10.0 Å². The van der Waals surface area contributed by atoms with Crippen LogP contribution in [0, 0.1) is 17.0 Å². The first-order valence-electron chi connectivity index (χ1n) is 11.1. The molecule has 0 spiro atoms. The zero-order valence-electron chi connectivity index (χ0n) is 19.8. The first kappa shape index (κ1) is 27.2. The van der Waals surface area contributed by atoms with Crippen molar-refractivity contribution in [3.8, 4) is 5.75 Å².